The summed E-state index contributed by atoms with van der Waals surface area (Å²) in [5.41, 5.74) is 0.428. The number of hydrogen-bond acceptors (Lipinski definition) is 5. The molecule has 0 saturated carbocycles. The number of rotatable bonds is 7. The van der Waals surface area contributed by atoms with E-state index in [1.807, 2.05) is 17.9 Å². The van der Waals surface area contributed by atoms with Crippen LogP contribution in [0, 0.1) is 11.3 Å². The van der Waals surface area contributed by atoms with Gasteiger partial charge < -0.3 is 9.47 Å². The fourth-order valence-corrected chi connectivity index (χ4v) is 2.83. The van der Waals surface area contributed by atoms with Crippen molar-refractivity contribution in [1.82, 2.24) is 4.90 Å². The van der Waals surface area contributed by atoms with Gasteiger partial charge in [-0.15, -0.1) is 0 Å². The number of hydrogen-bond donors (Lipinski definition) is 0. The first-order chi connectivity index (χ1) is 11.6. The average Bonchev–Trinajstić information content (AvgIpc) is 2.58. The molecule has 1 aliphatic rings. The van der Waals surface area contributed by atoms with Gasteiger partial charge in [0.1, 0.15) is 12.3 Å². The van der Waals surface area contributed by atoms with Crippen molar-refractivity contribution in [2.45, 2.75) is 38.1 Å². The van der Waals surface area contributed by atoms with E-state index in [2.05, 4.69) is 6.07 Å². The number of carbonyl (C=O) groups excluding carboxylic acids is 1. The van der Waals surface area contributed by atoms with E-state index in [0.717, 1.165) is 0 Å². The molecule has 130 valence electrons. The van der Waals surface area contributed by atoms with Gasteiger partial charge in [-0.05, 0) is 19.1 Å². The maximum absolute atomic E-state index is 14.4. The summed E-state index contributed by atoms with van der Waals surface area (Å²) in [6.07, 6.45) is -1.46. The van der Waals surface area contributed by atoms with Gasteiger partial charge in [0.05, 0.1) is 24.2 Å². The summed E-state index contributed by atoms with van der Waals surface area (Å²) >= 11 is 0. The molecule has 3 atom stereocenters. The Morgan fingerprint density at radius 1 is 1.46 bits per heavy atom. The highest BCUT2D eigenvalue weighted by Crippen LogP contribution is 2.20. The molecule has 1 heterocycles. The van der Waals surface area contributed by atoms with Crippen molar-refractivity contribution in [1.29, 1.82) is 5.26 Å². The molecular weight excluding hydrogens is 311 g/mol. The minimum absolute atomic E-state index is 0.182. The monoisotopic (exact) mass is 334 g/mol. The number of nitrogens with zero attached hydrogens (tertiary/aromatic N) is 2. The van der Waals surface area contributed by atoms with Gasteiger partial charge in [0.25, 0.3) is 0 Å². The highest BCUT2D eigenvalue weighted by atomic mass is 19.1. The summed E-state index contributed by atoms with van der Waals surface area (Å²) in [5, 5.41) is 8.81. The van der Waals surface area contributed by atoms with Crippen LogP contribution in [0.25, 0.3) is 0 Å². The quantitative estimate of drug-likeness (QED) is 0.717. The highest BCUT2D eigenvalue weighted by Gasteiger charge is 2.33. The van der Waals surface area contributed by atoms with E-state index in [9.17, 15) is 9.18 Å². The molecule has 1 aromatic rings. The lowest BCUT2D eigenvalue weighted by Crippen LogP contribution is -2.48. The highest BCUT2D eigenvalue weighted by molar-refractivity contribution is 5.89. The van der Waals surface area contributed by atoms with Gasteiger partial charge in [0, 0.05) is 32.7 Å². The number of ether oxygens (including phenoxy) is 2. The molecular formula is C18H23FN2O3. The molecule has 5 nitrogen and oxygen atoms in total. The fraction of sp³-hybridized carbons (Fsp3) is 0.556. The largest absolute Gasteiger partial charge is 0.456 e. The van der Waals surface area contributed by atoms with Crippen LogP contribution in [-0.4, -0.2) is 55.5 Å². The Balaban J connectivity index is 1.84. The third-order valence-electron chi connectivity index (χ3n) is 4.02. The number of carbonyl (C=O) groups is 1. The second-order valence-corrected chi connectivity index (χ2v) is 5.81. The zero-order chi connectivity index (χ0) is 17.4. The van der Waals surface area contributed by atoms with Gasteiger partial charge in [-0.1, -0.05) is 18.2 Å². The lowest BCUT2D eigenvalue weighted by atomic mass is 10.0. The van der Waals surface area contributed by atoms with Crippen LogP contribution in [-0.2, 0) is 9.47 Å². The van der Waals surface area contributed by atoms with E-state index in [4.69, 9.17) is 14.7 Å². The van der Waals surface area contributed by atoms with Crippen molar-refractivity contribution >= 4 is 5.97 Å². The van der Waals surface area contributed by atoms with E-state index in [1.54, 1.807) is 24.3 Å². The van der Waals surface area contributed by atoms with Gasteiger partial charge in [0.2, 0.25) is 0 Å². The molecule has 1 aromatic carbocycles. The number of halogens is 1. The molecule has 1 aliphatic heterocycles. The van der Waals surface area contributed by atoms with Crippen molar-refractivity contribution in [3.8, 4) is 6.07 Å². The lowest BCUT2D eigenvalue weighted by molar-refractivity contribution is -0.0386. The topological polar surface area (TPSA) is 62.6 Å². The summed E-state index contributed by atoms with van der Waals surface area (Å²) in [4.78, 5) is 14.0. The second-order valence-electron chi connectivity index (χ2n) is 5.81. The molecule has 1 saturated heterocycles. The average molecular weight is 334 g/mol. The Morgan fingerprint density at radius 3 is 2.83 bits per heavy atom. The van der Waals surface area contributed by atoms with Gasteiger partial charge in [-0.25, -0.2) is 9.18 Å². The van der Waals surface area contributed by atoms with Crippen molar-refractivity contribution in [2.75, 3.05) is 26.2 Å². The zero-order valence-electron chi connectivity index (χ0n) is 13.9. The van der Waals surface area contributed by atoms with E-state index < -0.39 is 18.2 Å². The van der Waals surface area contributed by atoms with Crippen molar-refractivity contribution < 1.29 is 18.7 Å². The van der Waals surface area contributed by atoms with Crippen LogP contribution < -0.4 is 0 Å². The van der Waals surface area contributed by atoms with Crippen molar-refractivity contribution in [3.05, 3.63) is 35.9 Å². The first-order valence-electron chi connectivity index (χ1n) is 8.25. The Labute approximate surface area is 142 Å². The van der Waals surface area contributed by atoms with Gasteiger partial charge in [-0.3, -0.25) is 4.90 Å². The van der Waals surface area contributed by atoms with E-state index in [1.165, 1.54) is 0 Å². The molecule has 0 N–H and O–H groups in total. The molecule has 3 unspecified atom stereocenters. The van der Waals surface area contributed by atoms with Gasteiger partial charge in [-0.2, -0.15) is 5.26 Å². The number of piperidine rings is 1. The smallest absolute Gasteiger partial charge is 0.338 e. The zero-order valence-corrected chi connectivity index (χ0v) is 13.9. The molecule has 0 spiro atoms. The van der Waals surface area contributed by atoms with Crippen molar-refractivity contribution in [2.24, 2.45) is 0 Å². The van der Waals surface area contributed by atoms with E-state index in [-0.39, 0.29) is 19.1 Å². The minimum atomic E-state index is -1.24. The fourth-order valence-electron chi connectivity index (χ4n) is 2.83. The predicted molar refractivity (Wildman–Crippen MR) is 87.2 cm³/mol. The van der Waals surface area contributed by atoms with Crippen LogP contribution >= 0.6 is 0 Å². The Bertz CT molecular complexity index is 561. The van der Waals surface area contributed by atoms with Crippen LogP contribution in [0.1, 0.15) is 30.1 Å². The lowest BCUT2D eigenvalue weighted by Gasteiger charge is -2.35. The van der Waals surface area contributed by atoms with Crippen LogP contribution in [0.5, 0.6) is 0 Å². The standard InChI is InChI=1S/C18H23FN2O3/c1-2-23-15(8-10-20)12-21-11-9-17(16(19)13-21)24-18(22)14-6-4-3-5-7-14/h3-7,15-17H,2,8-9,11-13H2,1H3. The predicted octanol–water partition coefficient (Wildman–Crippen LogP) is 2.57. The summed E-state index contributed by atoms with van der Waals surface area (Å²) in [6, 6.07) is 10.7. The van der Waals surface area contributed by atoms with Crippen LogP contribution in [0.2, 0.25) is 0 Å². The molecule has 0 amide bonds. The molecule has 2 rings (SSSR count). The van der Waals surface area contributed by atoms with E-state index in [0.29, 0.717) is 31.7 Å². The Kier molecular flexibility index (Phi) is 7.16. The maximum atomic E-state index is 14.4. The van der Waals surface area contributed by atoms with Crippen LogP contribution in [0.15, 0.2) is 30.3 Å². The third-order valence-corrected chi connectivity index (χ3v) is 4.02. The molecule has 0 aliphatic carbocycles. The Hall–Kier alpha value is -1.97. The molecule has 24 heavy (non-hydrogen) atoms. The maximum Gasteiger partial charge on any atom is 0.338 e. The number of esters is 1. The van der Waals surface area contributed by atoms with Crippen LogP contribution in [0.4, 0.5) is 4.39 Å². The molecule has 1 fully saturated rings. The van der Waals surface area contributed by atoms with Gasteiger partial charge in [0.15, 0.2) is 0 Å². The first kappa shape index (κ1) is 18.4. The number of likely N-dealkylation sites (tertiary alicyclic amines) is 1. The number of alkyl halides is 1. The molecule has 0 radical (unpaired) electrons. The molecule has 6 heteroatoms. The number of benzene rings is 1. The summed E-state index contributed by atoms with van der Waals surface area (Å²) in [6.45, 7) is 3.71. The van der Waals surface area contributed by atoms with Crippen LogP contribution in [0.3, 0.4) is 0 Å². The summed E-state index contributed by atoms with van der Waals surface area (Å²) in [5.74, 6) is -0.492. The third kappa shape index (κ3) is 5.29. The number of nitriles is 1. The van der Waals surface area contributed by atoms with Gasteiger partial charge >= 0.3 is 5.97 Å². The normalized spacial score (nSPS) is 22.5. The Morgan fingerprint density at radius 2 is 2.21 bits per heavy atom. The summed E-state index contributed by atoms with van der Waals surface area (Å²) in [7, 11) is 0. The minimum Gasteiger partial charge on any atom is -0.456 e. The first-order valence-corrected chi connectivity index (χ1v) is 8.25. The van der Waals surface area contributed by atoms with E-state index >= 15 is 0 Å². The second kappa shape index (κ2) is 9.36. The molecule has 0 aromatic heterocycles. The molecule has 0 bridgehead atoms. The van der Waals surface area contributed by atoms with Crippen molar-refractivity contribution in [3.63, 3.8) is 0 Å². The SMILES string of the molecule is CCOC(CC#N)CN1CCC(OC(=O)c2ccccc2)C(F)C1. The summed E-state index contributed by atoms with van der Waals surface area (Å²) < 4.78 is 25.2.